The lowest BCUT2D eigenvalue weighted by Gasteiger charge is -2.21. The molecule has 9 nitrogen and oxygen atoms in total. The molecule has 0 unspecified atom stereocenters. The minimum absolute atomic E-state index is 0.163. The fourth-order valence-corrected chi connectivity index (χ4v) is 2.28. The summed E-state index contributed by atoms with van der Waals surface area (Å²) in [5.41, 5.74) is 0.163. The van der Waals surface area contributed by atoms with E-state index in [1.54, 1.807) is 6.92 Å². The summed E-state index contributed by atoms with van der Waals surface area (Å²) in [6.45, 7) is 4.00. The van der Waals surface area contributed by atoms with Crippen LogP contribution >= 0.6 is 0 Å². The number of carbonyl (C=O) groups is 3. The molecule has 0 aromatic heterocycles. The van der Waals surface area contributed by atoms with Crippen LogP contribution in [0.4, 0.5) is 0 Å². The van der Waals surface area contributed by atoms with Gasteiger partial charge in [-0.1, -0.05) is 0 Å². The maximum absolute atomic E-state index is 12.2. The maximum atomic E-state index is 12.2. The number of ether oxygens (including phenoxy) is 4. The average molecular weight is 366 g/mol. The largest absolute Gasteiger partial charge is 0.493 e. The van der Waals surface area contributed by atoms with Crippen LogP contribution in [0.5, 0.6) is 17.2 Å². The van der Waals surface area contributed by atoms with Gasteiger partial charge in [-0.15, -0.1) is 0 Å². The smallest absolute Gasteiger partial charge is 0.338 e. The molecule has 0 bridgehead atoms. The second-order valence-electron chi connectivity index (χ2n) is 5.46. The molecule has 2 rings (SSSR count). The normalized spacial score (nSPS) is 13.3. The van der Waals surface area contributed by atoms with Gasteiger partial charge in [-0.25, -0.2) is 4.79 Å². The van der Waals surface area contributed by atoms with Crippen molar-refractivity contribution in [1.82, 2.24) is 10.6 Å². The number of fused-ring (bicyclic) bond motifs is 1. The van der Waals surface area contributed by atoms with Crippen LogP contribution in [-0.2, 0) is 14.3 Å². The van der Waals surface area contributed by atoms with E-state index in [4.69, 9.17) is 18.9 Å². The van der Waals surface area contributed by atoms with E-state index in [9.17, 15) is 14.4 Å². The number of carbonyl (C=O) groups excluding carboxylic acids is 3. The molecule has 0 aliphatic carbocycles. The molecule has 142 valence electrons. The number of amides is 2. The van der Waals surface area contributed by atoms with Crippen LogP contribution in [0.2, 0.25) is 0 Å². The van der Waals surface area contributed by atoms with Crippen LogP contribution in [0.3, 0.4) is 0 Å². The second-order valence-corrected chi connectivity index (χ2v) is 5.46. The van der Waals surface area contributed by atoms with Gasteiger partial charge in [0.15, 0.2) is 18.1 Å². The Morgan fingerprint density at radius 1 is 1.23 bits per heavy atom. The summed E-state index contributed by atoms with van der Waals surface area (Å²) in [6, 6.07) is 2.19. The van der Waals surface area contributed by atoms with Crippen LogP contribution < -0.4 is 24.8 Å². The molecule has 1 atom stereocenters. The van der Waals surface area contributed by atoms with E-state index in [0.717, 1.165) is 0 Å². The molecular formula is C17H22N2O7. The van der Waals surface area contributed by atoms with Crippen LogP contribution in [0, 0.1) is 0 Å². The fraction of sp³-hybridized carbons (Fsp3) is 0.471. The number of likely N-dealkylation sites (N-methyl/N-ethyl adjacent to an activating group) is 1. The second kappa shape index (κ2) is 8.93. The van der Waals surface area contributed by atoms with E-state index in [1.165, 1.54) is 26.2 Å². The summed E-state index contributed by atoms with van der Waals surface area (Å²) < 4.78 is 21.1. The Bertz CT molecular complexity index is 673. The molecule has 0 saturated carbocycles. The van der Waals surface area contributed by atoms with Crippen molar-refractivity contribution in [3.63, 3.8) is 0 Å². The number of esters is 1. The monoisotopic (exact) mass is 366 g/mol. The third kappa shape index (κ3) is 4.78. The van der Waals surface area contributed by atoms with Crippen molar-refractivity contribution in [2.24, 2.45) is 0 Å². The first kappa shape index (κ1) is 19.4. The Morgan fingerprint density at radius 3 is 2.65 bits per heavy atom. The minimum atomic E-state index is -0.726. The third-order valence-corrected chi connectivity index (χ3v) is 3.52. The van der Waals surface area contributed by atoms with Crippen molar-refractivity contribution in [2.45, 2.75) is 19.9 Å². The standard InChI is InChI=1S/C17H22N2O7/c1-4-18-16(21)10(2)19-14(20)9-26-17(22)11-7-12(23-3)15-13(8-11)24-5-6-25-15/h7-8,10H,4-6,9H2,1-3H3,(H,18,21)(H,19,20)/t10-/m1/s1. The van der Waals surface area contributed by atoms with Gasteiger partial charge in [0, 0.05) is 6.54 Å². The van der Waals surface area contributed by atoms with Crippen LogP contribution in [-0.4, -0.2) is 57.3 Å². The van der Waals surface area contributed by atoms with Gasteiger partial charge in [-0.3, -0.25) is 9.59 Å². The van der Waals surface area contributed by atoms with Gasteiger partial charge in [0.25, 0.3) is 5.91 Å². The summed E-state index contributed by atoms with van der Waals surface area (Å²) in [4.78, 5) is 35.6. The molecule has 1 aromatic carbocycles. The zero-order chi connectivity index (χ0) is 19.1. The molecule has 1 aromatic rings. The zero-order valence-electron chi connectivity index (χ0n) is 14.9. The Hall–Kier alpha value is -2.97. The lowest BCUT2D eigenvalue weighted by Crippen LogP contribution is -2.46. The molecule has 0 saturated heterocycles. The van der Waals surface area contributed by atoms with Gasteiger partial charge in [0.2, 0.25) is 11.7 Å². The molecule has 1 heterocycles. The summed E-state index contributed by atoms with van der Waals surface area (Å²) in [5.74, 6) is -0.490. The Labute approximate surface area is 150 Å². The van der Waals surface area contributed by atoms with Crippen molar-refractivity contribution >= 4 is 17.8 Å². The van der Waals surface area contributed by atoms with Gasteiger partial charge in [0.05, 0.1) is 12.7 Å². The number of hydrogen-bond acceptors (Lipinski definition) is 7. The van der Waals surface area contributed by atoms with Crippen LogP contribution in [0.25, 0.3) is 0 Å². The highest BCUT2D eigenvalue weighted by Gasteiger charge is 2.22. The molecule has 0 spiro atoms. The highest BCUT2D eigenvalue weighted by Crippen LogP contribution is 2.40. The highest BCUT2D eigenvalue weighted by atomic mass is 16.6. The summed E-state index contributed by atoms with van der Waals surface area (Å²) in [7, 11) is 1.44. The van der Waals surface area contributed by atoms with Gasteiger partial charge in [0.1, 0.15) is 19.3 Å². The predicted octanol–water partition coefficient (Wildman–Crippen LogP) is 0.264. The molecule has 0 radical (unpaired) electrons. The van der Waals surface area contributed by atoms with Crippen molar-refractivity contribution in [3.8, 4) is 17.2 Å². The summed E-state index contributed by atoms with van der Waals surface area (Å²) >= 11 is 0. The Morgan fingerprint density at radius 2 is 1.96 bits per heavy atom. The van der Waals surface area contributed by atoms with Gasteiger partial charge < -0.3 is 29.6 Å². The number of hydrogen-bond donors (Lipinski definition) is 2. The summed E-state index contributed by atoms with van der Waals surface area (Å²) in [6.07, 6.45) is 0. The SMILES string of the molecule is CCNC(=O)[C@@H](C)NC(=O)COC(=O)c1cc(OC)c2c(c1)OCCO2. The molecule has 1 aliphatic heterocycles. The molecule has 26 heavy (non-hydrogen) atoms. The van der Waals surface area contributed by atoms with Crippen LogP contribution in [0.1, 0.15) is 24.2 Å². The molecule has 2 amide bonds. The lowest BCUT2D eigenvalue weighted by atomic mass is 10.1. The van der Waals surface area contributed by atoms with E-state index < -0.39 is 24.5 Å². The van der Waals surface area contributed by atoms with Gasteiger partial charge >= 0.3 is 5.97 Å². The molecule has 0 fully saturated rings. The van der Waals surface area contributed by atoms with Crippen molar-refractivity contribution < 1.29 is 33.3 Å². The number of methoxy groups -OCH3 is 1. The van der Waals surface area contributed by atoms with E-state index in [0.29, 0.717) is 37.0 Å². The van der Waals surface area contributed by atoms with Gasteiger partial charge in [-0.05, 0) is 26.0 Å². The fourth-order valence-electron chi connectivity index (χ4n) is 2.28. The van der Waals surface area contributed by atoms with Crippen LogP contribution in [0.15, 0.2) is 12.1 Å². The summed E-state index contributed by atoms with van der Waals surface area (Å²) in [5, 5.41) is 5.03. The topological polar surface area (TPSA) is 112 Å². The van der Waals surface area contributed by atoms with Crippen molar-refractivity contribution in [1.29, 1.82) is 0 Å². The predicted molar refractivity (Wildman–Crippen MR) is 90.6 cm³/mol. The quantitative estimate of drug-likeness (QED) is 0.666. The average Bonchev–Trinajstić information content (AvgIpc) is 2.65. The van der Waals surface area contributed by atoms with E-state index in [1.807, 2.05) is 0 Å². The molecule has 9 heteroatoms. The molecule has 2 N–H and O–H groups in total. The van der Waals surface area contributed by atoms with Gasteiger partial charge in [-0.2, -0.15) is 0 Å². The van der Waals surface area contributed by atoms with E-state index in [2.05, 4.69) is 10.6 Å². The first-order valence-electron chi connectivity index (χ1n) is 8.18. The van der Waals surface area contributed by atoms with E-state index >= 15 is 0 Å². The number of rotatable bonds is 7. The number of benzene rings is 1. The maximum Gasteiger partial charge on any atom is 0.338 e. The number of nitrogens with one attached hydrogen (secondary N) is 2. The minimum Gasteiger partial charge on any atom is -0.493 e. The molecule has 1 aliphatic rings. The highest BCUT2D eigenvalue weighted by molar-refractivity contribution is 5.93. The van der Waals surface area contributed by atoms with E-state index in [-0.39, 0.29) is 11.5 Å². The molecular weight excluding hydrogens is 344 g/mol. The third-order valence-electron chi connectivity index (χ3n) is 3.52. The zero-order valence-corrected chi connectivity index (χ0v) is 14.9. The van der Waals surface area contributed by atoms with Crippen molar-refractivity contribution in [3.05, 3.63) is 17.7 Å². The lowest BCUT2D eigenvalue weighted by molar-refractivity contribution is -0.130. The Balaban J connectivity index is 1.95. The Kier molecular flexibility index (Phi) is 6.65. The first-order chi connectivity index (χ1) is 12.5. The van der Waals surface area contributed by atoms with Crippen molar-refractivity contribution in [2.75, 3.05) is 33.5 Å². The first-order valence-corrected chi connectivity index (χ1v) is 8.18.